The number of hydrogen-bond donors (Lipinski definition) is 1. The Morgan fingerprint density at radius 3 is 2.53 bits per heavy atom. The third-order valence-corrected chi connectivity index (χ3v) is 6.20. The van der Waals surface area contributed by atoms with E-state index >= 15 is 0 Å². The van der Waals surface area contributed by atoms with Crippen molar-refractivity contribution in [1.82, 2.24) is 29.9 Å². The Morgan fingerprint density at radius 2 is 1.87 bits per heavy atom. The van der Waals surface area contributed by atoms with Crippen molar-refractivity contribution in [1.29, 1.82) is 0 Å². The molecule has 1 saturated heterocycles. The molecule has 1 fully saturated rings. The summed E-state index contributed by atoms with van der Waals surface area (Å²) in [7, 11) is 3.49. The van der Waals surface area contributed by atoms with E-state index in [1.807, 2.05) is 14.0 Å². The van der Waals surface area contributed by atoms with Crippen molar-refractivity contribution in [2.24, 2.45) is 7.05 Å². The van der Waals surface area contributed by atoms with Crippen molar-refractivity contribution in [2.45, 2.75) is 40.0 Å². The molecule has 8 heteroatoms. The van der Waals surface area contributed by atoms with Crippen molar-refractivity contribution in [2.75, 3.05) is 52.9 Å². The van der Waals surface area contributed by atoms with Gasteiger partial charge >= 0.3 is 0 Å². The van der Waals surface area contributed by atoms with Crippen LogP contribution in [0.5, 0.6) is 5.88 Å². The van der Waals surface area contributed by atoms with Gasteiger partial charge in [0, 0.05) is 51.9 Å². The van der Waals surface area contributed by atoms with Crippen molar-refractivity contribution < 1.29 is 9.53 Å². The number of aromatic nitrogens is 3. The smallest absolute Gasteiger partial charge is 0.242 e. The highest BCUT2D eigenvalue weighted by molar-refractivity contribution is 5.86. The van der Waals surface area contributed by atoms with E-state index < -0.39 is 0 Å². The average molecular weight is 417 g/mol. The molecule has 0 unspecified atom stereocenters. The van der Waals surface area contributed by atoms with Gasteiger partial charge in [-0.25, -0.2) is 9.67 Å². The van der Waals surface area contributed by atoms with E-state index in [4.69, 9.17) is 9.72 Å². The van der Waals surface area contributed by atoms with Crippen molar-refractivity contribution in [3.8, 4) is 5.88 Å². The lowest BCUT2D eigenvalue weighted by Crippen LogP contribution is -2.46. The summed E-state index contributed by atoms with van der Waals surface area (Å²) in [6, 6.07) is 0. The highest BCUT2D eigenvalue weighted by Crippen LogP contribution is 2.30. The number of amides is 1. The molecule has 0 radical (unpaired) electrons. The first-order valence-corrected chi connectivity index (χ1v) is 11.0. The van der Waals surface area contributed by atoms with E-state index in [1.165, 1.54) is 0 Å². The first-order valence-electron chi connectivity index (χ1n) is 11.0. The zero-order chi connectivity index (χ0) is 21.7. The summed E-state index contributed by atoms with van der Waals surface area (Å²) in [5.74, 6) is 0.686. The van der Waals surface area contributed by atoms with E-state index in [1.54, 1.807) is 11.8 Å². The van der Waals surface area contributed by atoms with Crippen molar-refractivity contribution >= 4 is 16.9 Å². The van der Waals surface area contributed by atoms with Crippen molar-refractivity contribution in [3.05, 3.63) is 16.8 Å². The van der Waals surface area contributed by atoms with Gasteiger partial charge in [-0.3, -0.25) is 4.79 Å². The molecule has 1 aliphatic heterocycles. The molecule has 0 aliphatic carbocycles. The molecular weight excluding hydrogens is 380 g/mol. The van der Waals surface area contributed by atoms with Gasteiger partial charge in [0.05, 0.1) is 12.5 Å². The molecule has 0 spiro atoms. The number of pyridine rings is 1. The normalized spacial score (nSPS) is 15.6. The highest BCUT2D eigenvalue weighted by Gasteiger charge is 2.19. The average Bonchev–Trinajstić information content (AvgIpc) is 3.07. The first kappa shape index (κ1) is 22.5. The second kappa shape index (κ2) is 10.2. The first-order chi connectivity index (χ1) is 14.4. The fraction of sp³-hybridized carbons (Fsp3) is 0.682. The summed E-state index contributed by atoms with van der Waals surface area (Å²) in [5.41, 5.74) is 3.97. The van der Waals surface area contributed by atoms with Crippen LogP contribution in [-0.2, 0) is 18.3 Å². The van der Waals surface area contributed by atoms with Crippen LogP contribution in [-0.4, -0.2) is 83.4 Å². The lowest BCUT2D eigenvalue weighted by Gasteiger charge is -2.33. The number of carbonyl (C=O) groups is 1. The summed E-state index contributed by atoms with van der Waals surface area (Å²) in [4.78, 5) is 22.0. The number of nitrogens with zero attached hydrogens (tertiary/aromatic N) is 5. The summed E-state index contributed by atoms with van der Waals surface area (Å²) >= 11 is 0. The van der Waals surface area contributed by atoms with E-state index in [9.17, 15) is 4.79 Å². The number of rotatable bonds is 9. The molecule has 30 heavy (non-hydrogen) atoms. The Kier molecular flexibility index (Phi) is 7.66. The molecule has 166 valence electrons. The number of ether oxygens (including phenoxy) is 1. The Labute approximate surface area is 179 Å². The molecule has 8 nitrogen and oxygen atoms in total. The van der Waals surface area contributed by atoms with Crippen LogP contribution < -0.4 is 10.1 Å². The Hall–Kier alpha value is -2.19. The monoisotopic (exact) mass is 416 g/mol. The summed E-state index contributed by atoms with van der Waals surface area (Å²) < 4.78 is 7.16. The number of methoxy groups -OCH3 is 1. The van der Waals surface area contributed by atoms with Crippen LogP contribution in [0.25, 0.3) is 11.0 Å². The number of aryl methyl sites for hydroxylation is 3. The van der Waals surface area contributed by atoms with Crippen LogP contribution >= 0.6 is 0 Å². The van der Waals surface area contributed by atoms with Gasteiger partial charge in [0.25, 0.3) is 0 Å². The number of nitrogens with one attached hydrogen (secondary N) is 1. The van der Waals surface area contributed by atoms with Crippen LogP contribution in [0, 0.1) is 13.8 Å². The van der Waals surface area contributed by atoms with Gasteiger partial charge in [0.2, 0.25) is 11.8 Å². The quantitative estimate of drug-likeness (QED) is 0.627. The molecule has 0 bridgehead atoms. The fourth-order valence-electron chi connectivity index (χ4n) is 4.29. The Bertz CT molecular complexity index is 870. The second-order valence-electron chi connectivity index (χ2n) is 8.11. The fourth-order valence-corrected chi connectivity index (χ4v) is 4.29. The standard InChI is InChI=1S/C22H36N6O2/c1-6-27-12-14-28(15-13-27)11-7-10-23-19(29)9-8-18-16(2)20-21(24-17(18)3)26(4)25-22(20)30-5/h6-15H2,1-5H3,(H,23,29). The number of carbonyl (C=O) groups excluding carboxylic acids is 1. The van der Waals surface area contributed by atoms with Gasteiger partial charge in [-0.05, 0) is 50.9 Å². The zero-order valence-electron chi connectivity index (χ0n) is 19.1. The van der Waals surface area contributed by atoms with Gasteiger partial charge in [0.15, 0.2) is 5.65 Å². The number of hydrogen-bond acceptors (Lipinski definition) is 6. The zero-order valence-corrected chi connectivity index (χ0v) is 19.1. The van der Waals surface area contributed by atoms with E-state index in [0.717, 1.165) is 80.1 Å². The van der Waals surface area contributed by atoms with Gasteiger partial charge in [-0.1, -0.05) is 6.92 Å². The van der Waals surface area contributed by atoms with Gasteiger partial charge in [-0.15, -0.1) is 5.10 Å². The van der Waals surface area contributed by atoms with Gasteiger partial charge < -0.3 is 19.9 Å². The van der Waals surface area contributed by atoms with Crippen LogP contribution in [0.3, 0.4) is 0 Å². The molecule has 1 amide bonds. The summed E-state index contributed by atoms with van der Waals surface area (Å²) in [6.45, 7) is 13.8. The summed E-state index contributed by atoms with van der Waals surface area (Å²) in [6.07, 6.45) is 2.13. The molecule has 3 heterocycles. The maximum Gasteiger partial charge on any atom is 0.242 e. The molecule has 0 atom stereocenters. The SMILES string of the molecule is CCN1CCN(CCCNC(=O)CCc2c(C)nc3c(c(OC)nn3C)c2C)CC1. The maximum absolute atomic E-state index is 12.4. The number of fused-ring (bicyclic) bond motifs is 1. The number of likely N-dealkylation sites (N-methyl/N-ethyl adjacent to an activating group) is 1. The van der Waals surface area contributed by atoms with Gasteiger partial charge in [0.1, 0.15) is 0 Å². The number of piperazine rings is 1. The third-order valence-electron chi connectivity index (χ3n) is 6.20. The maximum atomic E-state index is 12.4. The lowest BCUT2D eigenvalue weighted by molar-refractivity contribution is -0.121. The van der Waals surface area contributed by atoms with Crippen molar-refractivity contribution in [3.63, 3.8) is 0 Å². The predicted octanol–water partition coefficient (Wildman–Crippen LogP) is 1.67. The van der Waals surface area contributed by atoms with E-state index in [0.29, 0.717) is 18.7 Å². The predicted molar refractivity (Wildman–Crippen MR) is 119 cm³/mol. The summed E-state index contributed by atoms with van der Waals surface area (Å²) in [5, 5.41) is 8.40. The highest BCUT2D eigenvalue weighted by atomic mass is 16.5. The molecule has 1 aliphatic rings. The minimum absolute atomic E-state index is 0.0999. The Balaban J connectivity index is 1.47. The largest absolute Gasteiger partial charge is 0.479 e. The topological polar surface area (TPSA) is 75.5 Å². The van der Waals surface area contributed by atoms with Crippen LogP contribution in [0.15, 0.2) is 0 Å². The molecule has 3 rings (SSSR count). The Morgan fingerprint density at radius 1 is 1.17 bits per heavy atom. The molecule has 0 saturated carbocycles. The minimum Gasteiger partial charge on any atom is -0.479 e. The van der Waals surface area contributed by atoms with Crippen LogP contribution in [0.2, 0.25) is 0 Å². The molecule has 2 aromatic rings. The van der Waals surface area contributed by atoms with Crippen LogP contribution in [0.1, 0.15) is 36.6 Å². The van der Waals surface area contributed by atoms with Gasteiger partial charge in [-0.2, -0.15) is 0 Å². The molecule has 0 aromatic carbocycles. The molecular formula is C22H36N6O2. The lowest BCUT2D eigenvalue weighted by atomic mass is 10.00. The van der Waals surface area contributed by atoms with Crippen LogP contribution in [0.4, 0.5) is 0 Å². The van der Waals surface area contributed by atoms with E-state index in [-0.39, 0.29) is 5.91 Å². The third kappa shape index (κ3) is 5.10. The minimum atomic E-state index is 0.0999. The molecule has 1 N–H and O–H groups in total. The molecule has 2 aromatic heterocycles. The second-order valence-corrected chi connectivity index (χ2v) is 8.11. The van der Waals surface area contributed by atoms with E-state index in [2.05, 4.69) is 34.1 Å².